The SMILES string of the molecule is CCOC(=O)C(CC(c1cccs1)C(CC(C(=O)OCC)C(=O)OCC)c1cccs1)C(=O)OCC. The normalized spacial score (nSPS) is 12.7. The first kappa shape index (κ1) is 29.5. The van der Waals surface area contributed by atoms with Crippen LogP contribution in [0.1, 0.15) is 62.1 Å². The monoisotopic (exact) mass is 538 g/mol. The Morgan fingerprint density at radius 2 is 0.917 bits per heavy atom. The molecule has 0 aromatic carbocycles. The highest BCUT2D eigenvalue weighted by Crippen LogP contribution is 2.45. The summed E-state index contributed by atoms with van der Waals surface area (Å²) in [6.07, 6.45) is 0.193. The molecule has 0 spiro atoms. The van der Waals surface area contributed by atoms with Crippen molar-refractivity contribution in [3.8, 4) is 0 Å². The number of esters is 4. The summed E-state index contributed by atoms with van der Waals surface area (Å²) >= 11 is 2.96. The average molecular weight is 539 g/mol. The van der Waals surface area contributed by atoms with Crippen molar-refractivity contribution in [3.05, 3.63) is 44.8 Å². The van der Waals surface area contributed by atoms with Gasteiger partial charge in [0.1, 0.15) is 0 Å². The largest absolute Gasteiger partial charge is 0.465 e. The molecule has 0 fully saturated rings. The highest BCUT2D eigenvalue weighted by atomic mass is 32.1. The third kappa shape index (κ3) is 8.16. The fourth-order valence-corrected chi connectivity index (χ4v) is 5.83. The molecule has 0 aliphatic carbocycles. The number of thiophene rings is 2. The van der Waals surface area contributed by atoms with Crippen LogP contribution < -0.4 is 0 Å². The molecule has 0 bridgehead atoms. The molecule has 2 heterocycles. The van der Waals surface area contributed by atoms with E-state index in [0.717, 1.165) is 9.75 Å². The highest BCUT2D eigenvalue weighted by molar-refractivity contribution is 7.10. The molecule has 8 nitrogen and oxygen atoms in total. The van der Waals surface area contributed by atoms with E-state index in [9.17, 15) is 19.2 Å². The van der Waals surface area contributed by atoms with Crippen LogP contribution in [0.2, 0.25) is 0 Å². The smallest absolute Gasteiger partial charge is 0.320 e. The first-order valence-electron chi connectivity index (χ1n) is 12.1. The van der Waals surface area contributed by atoms with Crippen molar-refractivity contribution in [2.24, 2.45) is 11.8 Å². The zero-order chi connectivity index (χ0) is 26.5. The van der Waals surface area contributed by atoms with E-state index in [1.54, 1.807) is 27.7 Å². The maximum atomic E-state index is 12.8. The molecule has 36 heavy (non-hydrogen) atoms. The van der Waals surface area contributed by atoms with Crippen LogP contribution in [0, 0.1) is 11.8 Å². The Kier molecular flexibility index (Phi) is 12.6. The first-order chi connectivity index (χ1) is 17.4. The van der Waals surface area contributed by atoms with Crippen molar-refractivity contribution in [2.45, 2.75) is 52.4 Å². The van der Waals surface area contributed by atoms with Crippen molar-refractivity contribution in [1.82, 2.24) is 0 Å². The molecule has 0 N–H and O–H groups in total. The minimum Gasteiger partial charge on any atom is -0.465 e. The fraction of sp³-hybridized carbons (Fsp3) is 0.538. The summed E-state index contributed by atoms with van der Waals surface area (Å²) in [5.74, 6) is -5.69. The van der Waals surface area contributed by atoms with Crippen LogP contribution in [0.15, 0.2) is 35.0 Å². The lowest BCUT2D eigenvalue weighted by atomic mass is 9.77. The van der Waals surface area contributed by atoms with Gasteiger partial charge < -0.3 is 18.9 Å². The summed E-state index contributed by atoms with van der Waals surface area (Å²) in [6, 6.07) is 7.62. The van der Waals surface area contributed by atoms with Gasteiger partial charge in [-0.3, -0.25) is 19.2 Å². The molecular weight excluding hydrogens is 504 g/mol. The average Bonchev–Trinajstić information content (AvgIpc) is 3.56. The molecule has 0 aliphatic heterocycles. The zero-order valence-electron chi connectivity index (χ0n) is 21.1. The van der Waals surface area contributed by atoms with E-state index >= 15 is 0 Å². The van der Waals surface area contributed by atoms with Crippen LogP contribution in [0.25, 0.3) is 0 Å². The molecule has 0 saturated carbocycles. The Morgan fingerprint density at radius 1 is 0.611 bits per heavy atom. The number of rotatable bonds is 15. The van der Waals surface area contributed by atoms with Gasteiger partial charge in [0, 0.05) is 21.6 Å². The quantitative estimate of drug-likeness (QED) is 0.178. The second-order valence-electron chi connectivity index (χ2n) is 7.83. The number of hydrogen-bond acceptors (Lipinski definition) is 10. The Balaban J connectivity index is 2.54. The molecule has 198 valence electrons. The maximum absolute atomic E-state index is 12.8. The molecule has 2 unspecified atom stereocenters. The van der Waals surface area contributed by atoms with Gasteiger partial charge in [-0.25, -0.2) is 0 Å². The first-order valence-corrected chi connectivity index (χ1v) is 13.9. The molecule has 0 saturated heterocycles. The fourth-order valence-electron chi connectivity index (χ4n) is 4.02. The van der Waals surface area contributed by atoms with E-state index in [-0.39, 0.29) is 51.1 Å². The molecule has 0 radical (unpaired) electrons. The Morgan fingerprint density at radius 3 is 1.14 bits per heavy atom. The number of hydrogen-bond donors (Lipinski definition) is 0. The number of carbonyl (C=O) groups excluding carboxylic acids is 4. The van der Waals surface area contributed by atoms with Gasteiger partial charge in [0.05, 0.1) is 26.4 Å². The third-order valence-electron chi connectivity index (χ3n) is 5.57. The lowest BCUT2D eigenvalue weighted by Gasteiger charge is -2.30. The van der Waals surface area contributed by atoms with Crippen molar-refractivity contribution in [2.75, 3.05) is 26.4 Å². The second-order valence-corrected chi connectivity index (χ2v) is 9.79. The summed E-state index contributed by atoms with van der Waals surface area (Å²) in [6.45, 7) is 7.20. The molecule has 2 aromatic rings. The number of ether oxygens (including phenoxy) is 4. The van der Waals surface area contributed by atoms with Gasteiger partial charge in [0.2, 0.25) is 0 Å². The minimum atomic E-state index is -1.15. The summed E-state index contributed by atoms with van der Waals surface area (Å²) in [7, 11) is 0. The summed E-state index contributed by atoms with van der Waals surface area (Å²) in [4.78, 5) is 53.1. The topological polar surface area (TPSA) is 105 Å². The van der Waals surface area contributed by atoms with Gasteiger partial charge in [-0.1, -0.05) is 12.1 Å². The lowest BCUT2D eigenvalue weighted by molar-refractivity contribution is -0.164. The maximum Gasteiger partial charge on any atom is 0.320 e. The minimum absolute atomic E-state index is 0.0963. The summed E-state index contributed by atoms with van der Waals surface area (Å²) in [5.41, 5.74) is 0. The van der Waals surface area contributed by atoms with Crippen molar-refractivity contribution >= 4 is 46.6 Å². The van der Waals surface area contributed by atoms with Crippen LogP contribution in [-0.2, 0) is 38.1 Å². The van der Waals surface area contributed by atoms with E-state index in [0.29, 0.717) is 0 Å². The highest BCUT2D eigenvalue weighted by Gasteiger charge is 2.41. The molecule has 10 heteroatoms. The van der Waals surface area contributed by atoms with Crippen molar-refractivity contribution in [1.29, 1.82) is 0 Å². The predicted molar refractivity (Wildman–Crippen MR) is 137 cm³/mol. The zero-order valence-corrected chi connectivity index (χ0v) is 22.7. The van der Waals surface area contributed by atoms with Crippen LogP contribution in [0.3, 0.4) is 0 Å². The molecule has 2 aromatic heterocycles. The van der Waals surface area contributed by atoms with Crippen LogP contribution in [-0.4, -0.2) is 50.3 Å². The van der Waals surface area contributed by atoms with Crippen molar-refractivity contribution < 1.29 is 38.1 Å². The standard InChI is InChI=1S/C26H34O8S2/c1-5-31-23(27)19(24(28)32-6-2)15-17(21-11-9-13-35-21)18(22-12-10-14-36-22)16-20(25(29)33-7-3)26(30)34-8-4/h9-14,17-20H,5-8,15-16H2,1-4H3. The van der Waals surface area contributed by atoms with Crippen LogP contribution in [0.4, 0.5) is 0 Å². The van der Waals surface area contributed by atoms with Gasteiger partial charge >= 0.3 is 23.9 Å². The molecule has 0 aliphatic rings. The Labute approximate surface area is 219 Å². The molecule has 2 rings (SSSR count). The molecule has 2 atom stereocenters. The van der Waals surface area contributed by atoms with Gasteiger partial charge in [0.15, 0.2) is 11.8 Å². The Hall–Kier alpha value is -2.72. The molecular formula is C26H34O8S2. The van der Waals surface area contributed by atoms with E-state index < -0.39 is 35.7 Å². The summed E-state index contributed by atoms with van der Waals surface area (Å²) < 4.78 is 20.8. The lowest BCUT2D eigenvalue weighted by Crippen LogP contribution is -2.33. The van der Waals surface area contributed by atoms with E-state index in [4.69, 9.17) is 18.9 Å². The third-order valence-corrected chi connectivity index (χ3v) is 7.58. The van der Waals surface area contributed by atoms with Gasteiger partial charge in [-0.2, -0.15) is 0 Å². The summed E-state index contributed by atoms with van der Waals surface area (Å²) in [5, 5.41) is 3.82. The second kappa shape index (κ2) is 15.4. The van der Waals surface area contributed by atoms with Crippen LogP contribution in [0.5, 0.6) is 0 Å². The Bertz CT molecular complexity index is 841. The van der Waals surface area contributed by atoms with E-state index in [1.807, 2.05) is 35.0 Å². The van der Waals surface area contributed by atoms with E-state index in [2.05, 4.69) is 0 Å². The number of carbonyl (C=O) groups is 4. The van der Waals surface area contributed by atoms with Gasteiger partial charge in [0.25, 0.3) is 0 Å². The molecule has 0 amide bonds. The predicted octanol–water partition coefficient (Wildman–Crippen LogP) is 4.94. The van der Waals surface area contributed by atoms with Crippen molar-refractivity contribution in [3.63, 3.8) is 0 Å². The van der Waals surface area contributed by atoms with E-state index in [1.165, 1.54) is 22.7 Å². The van der Waals surface area contributed by atoms with Gasteiger partial charge in [-0.05, 0) is 63.4 Å². The van der Waals surface area contributed by atoms with Gasteiger partial charge in [-0.15, -0.1) is 22.7 Å². The van der Waals surface area contributed by atoms with Crippen LogP contribution >= 0.6 is 22.7 Å².